The number of rotatable bonds is 7. The molecule has 0 saturated carbocycles. The molecule has 1 saturated heterocycles. The minimum Gasteiger partial charge on any atom is -0.366 e. The Bertz CT molecular complexity index is 1370. The second kappa shape index (κ2) is 10.3. The van der Waals surface area contributed by atoms with Gasteiger partial charge in [-0.25, -0.2) is 4.98 Å². The first-order valence-electron chi connectivity index (χ1n) is 12.5. The molecule has 1 unspecified atom stereocenters. The van der Waals surface area contributed by atoms with Crippen molar-refractivity contribution < 1.29 is 9.64 Å². The molecule has 2 aromatic carbocycles. The molecule has 6 rings (SSSR count). The highest BCUT2D eigenvalue weighted by molar-refractivity contribution is 7.99. The molecule has 1 aliphatic heterocycles. The van der Waals surface area contributed by atoms with Crippen LogP contribution >= 0.6 is 23.1 Å². The minimum atomic E-state index is 0.113. The van der Waals surface area contributed by atoms with Crippen LogP contribution < -0.4 is 10.5 Å². The van der Waals surface area contributed by atoms with Crippen LogP contribution in [0.25, 0.3) is 10.2 Å². The van der Waals surface area contributed by atoms with Gasteiger partial charge in [-0.1, -0.05) is 72.4 Å². The first kappa shape index (κ1) is 23.0. The zero-order valence-electron chi connectivity index (χ0n) is 19.7. The molecule has 7 heteroatoms. The van der Waals surface area contributed by atoms with Crippen molar-refractivity contribution in [2.24, 2.45) is 0 Å². The van der Waals surface area contributed by atoms with Crippen molar-refractivity contribution in [1.82, 2.24) is 9.55 Å². The number of thioether (sulfide) groups is 1. The lowest BCUT2D eigenvalue weighted by molar-refractivity contribution is -0.924. The van der Waals surface area contributed by atoms with Crippen molar-refractivity contribution in [2.75, 3.05) is 25.4 Å². The molecule has 35 heavy (non-hydrogen) atoms. The fourth-order valence-corrected chi connectivity index (χ4v) is 7.56. The number of nitrogens with one attached hydrogen (secondary N) is 1. The summed E-state index contributed by atoms with van der Waals surface area (Å²) in [6.07, 6.45) is 3.37. The van der Waals surface area contributed by atoms with Gasteiger partial charge in [0.05, 0.1) is 18.5 Å². The number of aromatic nitrogens is 2. The lowest BCUT2D eigenvalue weighted by Crippen LogP contribution is -3.13. The molecule has 5 nitrogen and oxygen atoms in total. The van der Waals surface area contributed by atoms with Gasteiger partial charge in [0.25, 0.3) is 5.56 Å². The lowest BCUT2D eigenvalue weighted by atomic mass is 10.2. The molecule has 0 amide bonds. The Labute approximate surface area is 213 Å². The number of nitrogens with zero attached hydrogens (tertiary/aromatic N) is 2. The van der Waals surface area contributed by atoms with E-state index in [4.69, 9.17) is 9.72 Å². The number of aryl methyl sites for hydroxylation is 2. The number of hydrogen-bond donors (Lipinski definition) is 1. The summed E-state index contributed by atoms with van der Waals surface area (Å²) in [5, 5.41) is 1.67. The minimum absolute atomic E-state index is 0.113. The second-order valence-electron chi connectivity index (χ2n) is 9.48. The monoisotopic (exact) mass is 504 g/mol. The summed E-state index contributed by atoms with van der Waals surface area (Å²) >= 11 is 3.39. The van der Waals surface area contributed by atoms with Gasteiger partial charge in [0.1, 0.15) is 30.6 Å². The fourth-order valence-electron chi connectivity index (χ4n) is 5.25. The van der Waals surface area contributed by atoms with Crippen molar-refractivity contribution in [3.05, 3.63) is 92.6 Å². The largest absolute Gasteiger partial charge is 0.366 e. The average molecular weight is 505 g/mol. The van der Waals surface area contributed by atoms with Crippen molar-refractivity contribution in [3.8, 4) is 0 Å². The van der Waals surface area contributed by atoms with Gasteiger partial charge in [0, 0.05) is 16.2 Å². The molecule has 0 spiro atoms. The maximum Gasteiger partial charge on any atom is 0.263 e. The van der Waals surface area contributed by atoms with Gasteiger partial charge in [-0.05, 0) is 30.4 Å². The highest BCUT2D eigenvalue weighted by Gasteiger charge is 2.27. The van der Waals surface area contributed by atoms with Gasteiger partial charge in [-0.15, -0.1) is 11.3 Å². The Morgan fingerprint density at radius 1 is 1.06 bits per heavy atom. The van der Waals surface area contributed by atoms with Crippen molar-refractivity contribution in [3.63, 3.8) is 0 Å². The van der Waals surface area contributed by atoms with Crippen molar-refractivity contribution in [1.29, 1.82) is 0 Å². The first-order valence-corrected chi connectivity index (χ1v) is 14.3. The summed E-state index contributed by atoms with van der Waals surface area (Å²) in [5.41, 5.74) is 3.85. The van der Waals surface area contributed by atoms with E-state index in [9.17, 15) is 4.79 Å². The standard InChI is InChI=1S/C28H29N3O2S2/c32-27-25-23-12-7-13-24(23)35-26(25)29-28(31(27)17-21-10-5-2-6-11-21)34-19-22-18-30(14-15-33-22)16-20-8-3-1-4-9-20/h1-6,8-11,22H,7,12-19H2/p+1/t22-/m0/s1. The quantitative estimate of drug-likeness (QED) is 0.309. The van der Waals surface area contributed by atoms with E-state index in [0.29, 0.717) is 6.54 Å². The predicted molar refractivity (Wildman–Crippen MR) is 143 cm³/mol. The molecule has 2 aliphatic rings. The van der Waals surface area contributed by atoms with Crippen LogP contribution in [0.3, 0.4) is 0 Å². The molecule has 4 aromatic rings. The Morgan fingerprint density at radius 2 is 1.83 bits per heavy atom. The summed E-state index contributed by atoms with van der Waals surface area (Å²) in [4.78, 5) is 22.6. The average Bonchev–Trinajstić information content (AvgIpc) is 3.47. The highest BCUT2D eigenvalue weighted by atomic mass is 32.2. The van der Waals surface area contributed by atoms with E-state index < -0.39 is 0 Å². The van der Waals surface area contributed by atoms with Gasteiger partial charge < -0.3 is 9.64 Å². The van der Waals surface area contributed by atoms with Gasteiger partial charge >= 0.3 is 0 Å². The highest BCUT2D eigenvalue weighted by Crippen LogP contribution is 2.35. The SMILES string of the molecule is O=c1c2c3c(sc2nc(SC[C@@H]2C[NH+](Cc4ccccc4)CCO2)n1Cc1ccccc1)CCC3. The molecule has 1 N–H and O–H groups in total. The number of hydrogen-bond acceptors (Lipinski definition) is 5. The predicted octanol–water partition coefficient (Wildman–Crippen LogP) is 3.57. The maximum absolute atomic E-state index is 13.8. The molecule has 180 valence electrons. The second-order valence-corrected chi connectivity index (χ2v) is 11.5. The number of benzene rings is 2. The number of fused-ring (bicyclic) bond motifs is 3. The Morgan fingerprint density at radius 3 is 2.63 bits per heavy atom. The van der Waals surface area contributed by atoms with Gasteiger partial charge in [0.2, 0.25) is 0 Å². The summed E-state index contributed by atoms with van der Waals surface area (Å²) in [6.45, 7) is 4.34. The topological polar surface area (TPSA) is 48.6 Å². The maximum atomic E-state index is 13.8. The molecule has 2 aromatic heterocycles. The number of thiophene rings is 1. The Balaban J connectivity index is 1.24. The Hall–Kier alpha value is -2.45. The van der Waals surface area contributed by atoms with E-state index in [-0.39, 0.29) is 11.7 Å². The van der Waals surface area contributed by atoms with E-state index in [1.54, 1.807) is 28.0 Å². The summed E-state index contributed by atoms with van der Waals surface area (Å²) in [5.74, 6) is 0.802. The van der Waals surface area contributed by atoms with Crippen LogP contribution in [0.1, 0.15) is 28.0 Å². The molecule has 0 bridgehead atoms. The summed E-state index contributed by atoms with van der Waals surface area (Å²) in [7, 11) is 0. The van der Waals surface area contributed by atoms with E-state index >= 15 is 0 Å². The van der Waals surface area contributed by atoms with Gasteiger partial charge in [-0.3, -0.25) is 9.36 Å². The third-order valence-corrected chi connectivity index (χ3v) is 9.29. The third kappa shape index (κ3) is 4.96. The van der Waals surface area contributed by atoms with E-state index in [2.05, 4.69) is 42.5 Å². The number of ether oxygens (including phenoxy) is 1. The van der Waals surface area contributed by atoms with Gasteiger partial charge in [-0.2, -0.15) is 0 Å². The summed E-state index contributed by atoms with van der Waals surface area (Å²) < 4.78 is 8.03. The molecule has 1 aliphatic carbocycles. The first-order chi connectivity index (χ1) is 17.2. The van der Waals surface area contributed by atoms with Crippen molar-refractivity contribution >= 4 is 33.3 Å². The van der Waals surface area contributed by atoms with Crippen LogP contribution in [0.15, 0.2) is 70.6 Å². The van der Waals surface area contributed by atoms with Crippen molar-refractivity contribution in [2.45, 2.75) is 43.6 Å². The fraction of sp³-hybridized carbons (Fsp3) is 0.357. The number of morpholine rings is 1. The van der Waals surface area contributed by atoms with E-state index in [1.165, 1.54) is 16.0 Å². The van der Waals surface area contributed by atoms with E-state index in [0.717, 1.165) is 72.2 Å². The van der Waals surface area contributed by atoms with Crippen LogP contribution in [0.5, 0.6) is 0 Å². The number of quaternary nitrogens is 1. The van der Waals surface area contributed by atoms with Crippen LogP contribution in [-0.2, 0) is 30.7 Å². The Kier molecular flexibility index (Phi) is 6.74. The normalized spacial score (nSPS) is 19.8. The molecule has 2 atom stereocenters. The molecular weight excluding hydrogens is 474 g/mol. The molecule has 3 heterocycles. The van der Waals surface area contributed by atoms with E-state index in [1.807, 2.05) is 22.8 Å². The summed E-state index contributed by atoms with van der Waals surface area (Å²) in [6, 6.07) is 20.9. The van der Waals surface area contributed by atoms with Crippen LogP contribution in [0.2, 0.25) is 0 Å². The zero-order valence-corrected chi connectivity index (χ0v) is 21.4. The van der Waals surface area contributed by atoms with Gasteiger partial charge in [0.15, 0.2) is 5.16 Å². The van der Waals surface area contributed by atoms with Crippen LogP contribution in [-0.4, -0.2) is 41.1 Å². The van der Waals surface area contributed by atoms with Crippen LogP contribution in [0, 0.1) is 0 Å². The zero-order chi connectivity index (χ0) is 23.6. The van der Waals surface area contributed by atoms with Crippen LogP contribution in [0.4, 0.5) is 0 Å². The molecule has 1 fully saturated rings. The third-order valence-electron chi connectivity index (χ3n) is 6.99. The molecule has 0 radical (unpaired) electrons. The molecular formula is C28H30N3O2S2+. The lowest BCUT2D eigenvalue weighted by Gasteiger charge is -2.30. The smallest absolute Gasteiger partial charge is 0.263 e.